The van der Waals surface area contributed by atoms with Gasteiger partial charge in [-0.05, 0) is 40.0 Å². The van der Waals surface area contributed by atoms with Crippen molar-refractivity contribution in [1.29, 1.82) is 0 Å². The summed E-state index contributed by atoms with van der Waals surface area (Å²) < 4.78 is 36.7. The van der Waals surface area contributed by atoms with Gasteiger partial charge in [0.05, 0.1) is 38.6 Å². The van der Waals surface area contributed by atoms with Gasteiger partial charge in [-0.3, -0.25) is 0 Å². The van der Waals surface area contributed by atoms with Crippen molar-refractivity contribution in [2.75, 3.05) is 27.9 Å². The highest BCUT2D eigenvalue weighted by Gasteiger charge is 2.50. The molecule has 4 rings (SSSR count). The highest BCUT2D eigenvalue weighted by atomic mass is 28.4. The molecule has 240 valence electrons. The van der Waals surface area contributed by atoms with E-state index < -0.39 is 26.3 Å². The summed E-state index contributed by atoms with van der Waals surface area (Å²) in [6, 6.07) is 28.8. The smallest absolute Gasteiger partial charge is 0.261 e. The molecule has 7 nitrogen and oxygen atoms in total. The molecule has 3 aromatic carbocycles. The minimum atomic E-state index is -2.81. The minimum Gasteiger partial charge on any atom is -0.497 e. The lowest BCUT2D eigenvalue weighted by Gasteiger charge is -2.44. The summed E-state index contributed by atoms with van der Waals surface area (Å²) in [5, 5.41) is 13.7. The molecule has 0 aliphatic carbocycles. The maximum atomic E-state index is 11.6. The van der Waals surface area contributed by atoms with Crippen LogP contribution in [-0.4, -0.2) is 71.6 Å². The normalized spacial score (nSPS) is 22.4. The molecule has 0 spiro atoms. The molecule has 0 amide bonds. The summed E-state index contributed by atoms with van der Waals surface area (Å²) in [6.07, 6.45) is 0.0680. The van der Waals surface area contributed by atoms with Crippen LogP contribution in [-0.2, 0) is 30.0 Å². The van der Waals surface area contributed by atoms with Crippen molar-refractivity contribution in [3.63, 3.8) is 0 Å². The quantitative estimate of drug-likeness (QED) is 0.239. The van der Waals surface area contributed by atoms with Crippen molar-refractivity contribution in [3.8, 4) is 5.75 Å². The maximum Gasteiger partial charge on any atom is 0.261 e. The minimum absolute atomic E-state index is 0.0798. The van der Waals surface area contributed by atoms with Crippen molar-refractivity contribution < 1.29 is 33.2 Å². The molecule has 0 radical (unpaired) electrons. The Hall–Kier alpha value is -2.56. The summed E-state index contributed by atoms with van der Waals surface area (Å²) in [5.41, 5.74) is 1.07. The molecule has 44 heavy (non-hydrogen) atoms. The molecule has 1 N–H and O–H groups in total. The molecule has 3 aromatic rings. The number of rotatable bonds is 14. The van der Waals surface area contributed by atoms with E-state index in [-0.39, 0.29) is 23.9 Å². The summed E-state index contributed by atoms with van der Waals surface area (Å²) in [6.45, 7) is 9.24. The molecule has 8 heteroatoms. The molecule has 0 saturated carbocycles. The molecule has 5 atom stereocenters. The molecule has 1 unspecified atom stereocenters. The second-order valence-electron chi connectivity index (χ2n) is 12.9. The van der Waals surface area contributed by atoms with Gasteiger partial charge >= 0.3 is 0 Å². The monoisotopic (exact) mass is 622 g/mol. The summed E-state index contributed by atoms with van der Waals surface area (Å²) in [7, 11) is 2.14. The maximum absolute atomic E-state index is 11.6. The predicted molar refractivity (Wildman–Crippen MR) is 176 cm³/mol. The van der Waals surface area contributed by atoms with Crippen LogP contribution in [0.1, 0.15) is 52.5 Å². The van der Waals surface area contributed by atoms with Crippen LogP contribution in [0.25, 0.3) is 0 Å². The van der Waals surface area contributed by atoms with E-state index in [9.17, 15) is 5.11 Å². The van der Waals surface area contributed by atoms with Crippen molar-refractivity contribution in [3.05, 3.63) is 90.5 Å². The third-order valence-electron chi connectivity index (χ3n) is 8.73. The zero-order valence-corrected chi connectivity index (χ0v) is 28.3. The fourth-order valence-corrected chi connectivity index (χ4v) is 10.9. The van der Waals surface area contributed by atoms with Crippen LogP contribution in [0.2, 0.25) is 5.04 Å². The van der Waals surface area contributed by atoms with Crippen LogP contribution in [0.4, 0.5) is 0 Å². The third-order valence-corrected chi connectivity index (χ3v) is 13.7. The summed E-state index contributed by atoms with van der Waals surface area (Å²) in [4.78, 5) is 0. The van der Waals surface area contributed by atoms with E-state index in [4.69, 9.17) is 28.1 Å². The fourth-order valence-electron chi connectivity index (χ4n) is 6.33. The lowest BCUT2D eigenvalue weighted by atomic mass is 9.94. The Morgan fingerprint density at radius 3 is 2.00 bits per heavy atom. The number of hydrogen-bond acceptors (Lipinski definition) is 7. The van der Waals surface area contributed by atoms with E-state index in [1.54, 1.807) is 21.3 Å². The Bertz CT molecular complexity index is 1230. The molecule has 1 heterocycles. The second kappa shape index (κ2) is 15.1. The molecule has 0 aromatic heterocycles. The van der Waals surface area contributed by atoms with Gasteiger partial charge in [0.15, 0.2) is 5.79 Å². The second-order valence-corrected chi connectivity index (χ2v) is 17.2. The Labute approximate surface area is 264 Å². The van der Waals surface area contributed by atoms with Crippen LogP contribution in [0, 0.1) is 0 Å². The molecule has 0 bridgehead atoms. The van der Waals surface area contributed by atoms with E-state index in [1.165, 1.54) is 10.4 Å². The molecular formula is C36H50O7Si. The van der Waals surface area contributed by atoms with Gasteiger partial charge in [0, 0.05) is 33.5 Å². The van der Waals surface area contributed by atoms with E-state index in [0.717, 1.165) is 11.3 Å². The standard InChI is InChI=1S/C36H50O7Si/c1-35(2,3)44(31-14-10-8-11-15-31,32-16-12-9-13-17-32)42-26-33(37)34(39-6)23-29-22-30(24-36(4,40-7)43-29)41-25-27-18-20-28(38-5)21-19-27/h8-21,29-30,33-34,37H,22-26H2,1-7H3/t29-,30-,33?,34-,36-/m1/s1. The Morgan fingerprint density at radius 2 is 1.50 bits per heavy atom. The van der Waals surface area contributed by atoms with Gasteiger partial charge in [-0.1, -0.05) is 93.6 Å². The molecule has 1 aliphatic rings. The van der Waals surface area contributed by atoms with Crippen molar-refractivity contribution in [2.45, 2.75) is 88.8 Å². The number of hydrogen-bond donors (Lipinski definition) is 1. The Balaban J connectivity index is 1.48. The number of methoxy groups -OCH3 is 3. The van der Waals surface area contributed by atoms with Crippen LogP contribution in [0.3, 0.4) is 0 Å². The van der Waals surface area contributed by atoms with E-state index in [0.29, 0.717) is 25.9 Å². The van der Waals surface area contributed by atoms with Gasteiger partial charge < -0.3 is 33.2 Å². The topological polar surface area (TPSA) is 75.6 Å². The van der Waals surface area contributed by atoms with Crippen molar-refractivity contribution in [2.24, 2.45) is 0 Å². The first-order chi connectivity index (χ1) is 21.0. The van der Waals surface area contributed by atoms with Gasteiger partial charge in [0.1, 0.15) is 11.9 Å². The fraction of sp³-hybridized carbons (Fsp3) is 0.500. The summed E-state index contributed by atoms with van der Waals surface area (Å²) >= 11 is 0. The predicted octanol–water partition coefficient (Wildman–Crippen LogP) is 5.46. The number of ether oxygens (including phenoxy) is 5. The molecule has 1 aliphatic heterocycles. The number of benzene rings is 3. The summed E-state index contributed by atoms with van der Waals surface area (Å²) in [5.74, 6) is 0.0113. The molecule has 1 saturated heterocycles. The molecular weight excluding hydrogens is 572 g/mol. The third kappa shape index (κ3) is 8.17. The van der Waals surface area contributed by atoms with E-state index >= 15 is 0 Å². The highest BCUT2D eigenvalue weighted by Crippen LogP contribution is 2.38. The first kappa shape index (κ1) is 34.3. The Morgan fingerprint density at radius 1 is 0.909 bits per heavy atom. The van der Waals surface area contributed by atoms with Crippen LogP contribution >= 0.6 is 0 Å². The van der Waals surface area contributed by atoms with Gasteiger partial charge in [0.25, 0.3) is 8.32 Å². The number of aliphatic hydroxyl groups excluding tert-OH is 1. The average Bonchev–Trinajstić information content (AvgIpc) is 3.03. The zero-order valence-electron chi connectivity index (χ0n) is 27.3. The van der Waals surface area contributed by atoms with Crippen LogP contribution in [0.5, 0.6) is 5.75 Å². The van der Waals surface area contributed by atoms with Gasteiger partial charge in [-0.2, -0.15) is 0 Å². The first-order valence-electron chi connectivity index (χ1n) is 15.5. The first-order valence-corrected chi connectivity index (χ1v) is 17.4. The van der Waals surface area contributed by atoms with Crippen molar-refractivity contribution in [1.82, 2.24) is 0 Å². The Kier molecular flexibility index (Phi) is 11.8. The van der Waals surface area contributed by atoms with Crippen LogP contribution in [0.15, 0.2) is 84.9 Å². The van der Waals surface area contributed by atoms with Crippen molar-refractivity contribution >= 4 is 18.7 Å². The molecule has 1 fully saturated rings. The largest absolute Gasteiger partial charge is 0.497 e. The average molecular weight is 623 g/mol. The lowest BCUT2D eigenvalue weighted by molar-refractivity contribution is -0.285. The van der Waals surface area contributed by atoms with E-state index in [2.05, 4.69) is 69.3 Å². The van der Waals surface area contributed by atoms with E-state index in [1.807, 2.05) is 43.3 Å². The van der Waals surface area contributed by atoms with Crippen LogP contribution < -0.4 is 15.1 Å². The van der Waals surface area contributed by atoms with Gasteiger partial charge in [-0.25, -0.2) is 0 Å². The lowest BCUT2D eigenvalue weighted by Crippen LogP contribution is -2.67. The highest BCUT2D eigenvalue weighted by molar-refractivity contribution is 6.99. The number of aliphatic hydroxyl groups is 1. The zero-order chi connectivity index (χ0) is 31.8. The SMILES string of the molecule is COc1ccc(CO[C@@H]2C[C@H](C[C@@H](OC)C(O)CO[Si](c3ccccc3)(c3ccccc3)C(C)(C)C)O[C@@](C)(OC)C2)cc1. The van der Waals surface area contributed by atoms with Gasteiger partial charge in [0.2, 0.25) is 0 Å². The van der Waals surface area contributed by atoms with Gasteiger partial charge in [-0.15, -0.1) is 0 Å².